The van der Waals surface area contributed by atoms with Gasteiger partial charge in [0.2, 0.25) is 0 Å². The Morgan fingerprint density at radius 2 is 0.648 bits per heavy atom. The zero-order valence-electron chi connectivity index (χ0n) is 29.3. The summed E-state index contributed by atoms with van der Waals surface area (Å²) in [6, 6.07) is 56.8. The van der Waals surface area contributed by atoms with E-state index in [4.69, 9.17) is 9.98 Å². The van der Waals surface area contributed by atoms with Crippen molar-refractivity contribution >= 4 is 22.8 Å². The molecule has 2 aliphatic carbocycles. The van der Waals surface area contributed by atoms with Gasteiger partial charge in [0.15, 0.2) is 0 Å². The minimum absolute atomic E-state index is 0.183. The Morgan fingerprint density at radius 1 is 0.315 bits per heavy atom. The van der Waals surface area contributed by atoms with Gasteiger partial charge in [-0.2, -0.15) is 0 Å². The van der Waals surface area contributed by atoms with Crippen LogP contribution in [0.25, 0.3) is 22.3 Å². The first kappa shape index (κ1) is 30.6. The maximum atomic E-state index is 5.37. The van der Waals surface area contributed by atoms with Crippen LogP contribution in [0.3, 0.4) is 0 Å². The summed E-state index contributed by atoms with van der Waals surface area (Å²) in [5.74, 6) is 0.367. The van der Waals surface area contributed by atoms with Crippen LogP contribution >= 0.6 is 0 Å². The SMILES string of the molecule is c1ccc2c(c1)-c1ccccc1C2c1ccc(/C2=N/c3ccncc3/C(c3ccc(C4c5ccccc5-c5ccccc54)cc3)=N\c3ccncc32)cc1. The summed E-state index contributed by atoms with van der Waals surface area (Å²) in [4.78, 5) is 19.9. The number of nitrogens with zero attached hydrogens (tertiary/aromatic N) is 4. The molecular weight excluding hydrogens is 657 g/mol. The van der Waals surface area contributed by atoms with Crippen LogP contribution in [0, 0.1) is 0 Å². The Balaban J connectivity index is 0.984. The number of benzene rings is 6. The number of hydrogen-bond acceptors (Lipinski definition) is 4. The second-order valence-electron chi connectivity index (χ2n) is 14.2. The van der Waals surface area contributed by atoms with Crippen molar-refractivity contribution in [1.82, 2.24) is 9.97 Å². The van der Waals surface area contributed by atoms with Crippen molar-refractivity contribution in [3.8, 4) is 22.3 Å². The van der Waals surface area contributed by atoms with Gasteiger partial charge < -0.3 is 0 Å². The maximum Gasteiger partial charge on any atom is 0.0819 e. The highest BCUT2D eigenvalue weighted by Gasteiger charge is 2.31. The predicted molar refractivity (Wildman–Crippen MR) is 218 cm³/mol. The molecular formula is C50H32N4. The molecule has 0 amide bonds. The van der Waals surface area contributed by atoms with Crippen molar-refractivity contribution in [2.75, 3.05) is 0 Å². The van der Waals surface area contributed by atoms with E-state index in [0.717, 1.165) is 45.1 Å². The van der Waals surface area contributed by atoms with E-state index < -0.39 is 0 Å². The first-order valence-corrected chi connectivity index (χ1v) is 18.4. The fraction of sp³-hybridized carbons (Fsp3) is 0.0400. The molecule has 1 aliphatic heterocycles. The predicted octanol–water partition coefficient (Wildman–Crippen LogP) is 11.4. The van der Waals surface area contributed by atoms with E-state index in [2.05, 4.69) is 156 Å². The lowest BCUT2D eigenvalue weighted by Gasteiger charge is -2.19. The largest absolute Gasteiger partial charge is 0.264 e. The first-order chi connectivity index (χ1) is 26.8. The Kier molecular flexibility index (Phi) is 6.96. The van der Waals surface area contributed by atoms with E-state index in [-0.39, 0.29) is 11.8 Å². The molecule has 0 spiro atoms. The number of rotatable bonds is 4. The quantitative estimate of drug-likeness (QED) is 0.185. The van der Waals surface area contributed by atoms with Crippen LogP contribution in [0.4, 0.5) is 11.4 Å². The van der Waals surface area contributed by atoms with Crippen LogP contribution < -0.4 is 0 Å². The zero-order valence-corrected chi connectivity index (χ0v) is 29.3. The van der Waals surface area contributed by atoms with Gasteiger partial charge in [-0.1, -0.05) is 146 Å². The third kappa shape index (κ3) is 4.77. The van der Waals surface area contributed by atoms with E-state index in [1.165, 1.54) is 55.6 Å². The minimum atomic E-state index is 0.183. The molecule has 0 saturated heterocycles. The molecule has 6 aromatic carbocycles. The monoisotopic (exact) mass is 688 g/mol. The summed E-state index contributed by atoms with van der Waals surface area (Å²) in [6.45, 7) is 0. The highest BCUT2D eigenvalue weighted by Crippen LogP contribution is 2.49. The molecule has 0 fully saturated rings. The van der Waals surface area contributed by atoms with Crippen LogP contribution in [-0.2, 0) is 0 Å². The number of pyridine rings is 2. The van der Waals surface area contributed by atoms with Crippen LogP contribution in [0.15, 0.2) is 192 Å². The lowest BCUT2D eigenvalue weighted by Crippen LogP contribution is -2.11. The van der Waals surface area contributed by atoms with Gasteiger partial charge in [-0.25, -0.2) is 9.98 Å². The van der Waals surface area contributed by atoms with Gasteiger partial charge in [-0.3, -0.25) is 9.97 Å². The summed E-state index contributed by atoms with van der Waals surface area (Å²) < 4.78 is 0. The van der Waals surface area contributed by atoms with E-state index >= 15 is 0 Å². The summed E-state index contributed by atoms with van der Waals surface area (Å²) in [5.41, 5.74) is 20.3. The maximum absolute atomic E-state index is 5.37. The molecule has 0 unspecified atom stereocenters. The second kappa shape index (κ2) is 12.3. The van der Waals surface area contributed by atoms with Gasteiger partial charge in [0.25, 0.3) is 0 Å². The molecule has 3 aliphatic rings. The minimum Gasteiger partial charge on any atom is -0.264 e. The zero-order chi connectivity index (χ0) is 35.6. The van der Waals surface area contributed by atoms with E-state index in [0.29, 0.717) is 0 Å². The van der Waals surface area contributed by atoms with Crippen molar-refractivity contribution in [3.05, 3.63) is 238 Å². The Bertz CT molecular complexity index is 2540. The van der Waals surface area contributed by atoms with Crippen molar-refractivity contribution in [2.45, 2.75) is 11.8 Å². The highest BCUT2D eigenvalue weighted by atomic mass is 14.9. The van der Waals surface area contributed by atoms with Gasteiger partial charge in [0, 0.05) is 58.9 Å². The van der Waals surface area contributed by atoms with Crippen molar-refractivity contribution < 1.29 is 0 Å². The fourth-order valence-corrected chi connectivity index (χ4v) is 8.83. The van der Waals surface area contributed by atoms with Gasteiger partial charge in [0.1, 0.15) is 0 Å². The standard InChI is InChI=1S/C50H32N4/c1-5-13-39-35(9-1)36-10-2-6-14-40(36)47(39)31-17-21-33(22-18-31)49-43-29-51-27-25-45(43)54-50(44-30-52-28-26-46(44)53-49)34-23-19-32(20-24-34)48-41-15-7-3-11-37(41)38-12-4-8-16-42(38)48/h1-30,47-48H/b49-43?,50-44?,53-46?,53-49-,54-45?,54-50-. The molecule has 0 bridgehead atoms. The molecule has 54 heavy (non-hydrogen) atoms. The molecule has 8 aromatic rings. The van der Waals surface area contributed by atoms with Crippen molar-refractivity contribution in [3.63, 3.8) is 0 Å². The number of aliphatic imine (C=N–C) groups is 2. The molecule has 0 N–H and O–H groups in total. The normalized spacial score (nSPS) is 15.9. The summed E-state index contributed by atoms with van der Waals surface area (Å²) in [5, 5.41) is 0. The van der Waals surface area contributed by atoms with E-state index in [1.807, 2.05) is 24.5 Å². The van der Waals surface area contributed by atoms with Crippen LogP contribution in [0.1, 0.15) is 67.5 Å². The van der Waals surface area contributed by atoms with Crippen molar-refractivity contribution in [1.29, 1.82) is 0 Å². The summed E-state index contributed by atoms with van der Waals surface area (Å²) >= 11 is 0. The van der Waals surface area contributed by atoms with Gasteiger partial charge >= 0.3 is 0 Å². The van der Waals surface area contributed by atoms with Gasteiger partial charge in [-0.15, -0.1) is 0 Å². The lowest BCUT2D eigenvalue weighted by atomic mass is 9.88. The molecule has 4 heteroatoms. The van der Waals surface area contributed by atoms with Gasteiger partial charge in [0.05, 0.1) is 22.8 Å². The number of hydrogen-bond donors (Lipinski definition) is 0. The first-order valence-electron chi connectivity index (χ1n) is 18.4. The smallest absolute Gasteiger partial charge is 0.0819 e. The Labute approximate surface area is 314 Å². The van der Waals surface area contributed by atoms with Crippen LogP contribution in [-0.4, -0.2) is 21.4 Å². The van der Waals surface area contributed by atoms with Gasteiger partial charge in [-0.05, 0) is 67.8 Å². The fourth-order valence-electron chi connectivity index (χ4n) is 8.83. The summed E-state index contributed by atoms with van der Waals surface area (Å²) in [7, 11) is 0. The molecule has 4 nitrogen and oxygen atoms in total. The molecule has 11 rings (SSSR count). The van der Waals surface area contributed by atoms with Crippen LogP contribution in [0.2, 0.25) is 0 Å². The number of fused-ring (bicyclic) bond motifs is 8. The van der Waals surface area contributed by atoms with E-state index in [9.17, 15) is 0 Å². The third-order valence-electron chi connectivity index (χ3n) is 11.3. The third-order valence-corrected chi connectivity index (χ3v) is 11.3. The molecule has 0 saturated carbocycles. The Hall–Kier alpha value is -7.04. The summed E-state index contributed by atoms with van der Waals surface area (Å²) in [6.07, 6.45) is 7.38. The second-order valence-corrected chi connectivity index (χ2v) is 14.2. The molecule has 0 radical (unpaired) electrons. The highest BCUT2D eigenvalue weighted by molar-refractivity contribution is 6.22. The molecule has 252 valence electrons. The lowest BCUT2D eigenvalue weighted by molar-refractivity contribution is 1.01. The van der Waals surface area contributed by atoms with Crippen molar-refractivity contribution in [2.24, 2.45) is 9.98 Å². The molecule has 2 aromatic heterocycles. The number of aromatic nitrogens is 2. The average Bonchev–Trinajstić information content (AvgIpc) is 3.75. The molecule has 0 atom stereocenters. The van der Waals surface area contributed by atoms with E-state index in [1.54, 1.807) is 12.4 Å². The molecule has 3 heterocycles. The average molecular weight is 689 g/mol. The topological polar surface area (TPSA) is 50.5 Å². The Morgan fingerprint density at radius 3 is 1.00 bits per heavy atom. The van der Waals surface area contributed by atoms with Crippen LogP contribution in [0.5, 0.6) is 0 Å².